The third-order valence-electron chi connectivity index (χ3n) is 2.25. The lowest BCUT2D eigenvalue weighted by Crippen LogP contribution is -2.35. The van der Waals surface area contributed by atoms with E-state index in [9.17, 15) is 9.59 Å². The van der Waals surface area contributed by atoms with Crippen LogP contribution in [0.3, 0.4) is 0 Å². The summed E-state index contributed by atoms with van der Waals surface area (Å²) in [7, 11) is 0. The second-order valence-electron chi connectivity index (χ2n) is 6.17. The highest BCUT2D eigenvalue weighted by molar-refractivity contribution is 5.72. The molecule has 0 aromatic rings. The number of alkyl carbamates (subject to hydrolysis) is 1. The summed E-state index contributed by atoms with van der Waals surface area (Å²) in [5, 5.41) is 11.6. The number of amides is 1. The Hall–Kier alpha value is -1.26. The normalized spacial score (nSPS) is 13.2. The molecule has 5 heteroatoms. The number of hydrogen-bond acceptors (Lipinski definition) is 3. The molecule has 2 N–H and O–H groups in total. The molecule has 0 saturated carbocycles. The molecule has 0 aliphatic carbocycles. The van der Waals surface area contributed by atoms with Gasteiger partial charge >= 0.3 is 12.1 Å². The van der Waals surface area contributed by atoms with Gasteiger partial charge in [-0.05, 0) is 17.8 Å². The highest BCUT2D eigenvalue weighted by Crippen LogP contribution is 2.24. The number of rotatable bonds is 6. The van der Waals surface area contributed by atoms with Crippen LogP contribution in [-0.4, -0.2) is 30.3 Å². The largest absolute Gasteiger partial charge is 0.481 e. The monoisotopic (exact) mass is 259 g/mol. The quantitative estimate of drug-likeness (QED) is 0.768. The van der Waals surface area contributed by atoms with Crippen molar-refractivity contribution in [2.24, 2.45) is 17.3 Å². The SMILES string of the molecule is CC(C)COC(=O)NCC(CC(C)(C)C)C(=O)O. The lowest BCUT2D eigenvalue weighted by molar-refractivity contribution is -0.142. The van der Waals surface area contributed by atoms with Crippen LogP contribution in [0.1, 0.15) is 41.0 Å². The van der Waals surface area contributed by atoms with Crippen molar-refractivity contribution >= 4 is 12.1 Å². The molecule has 18 heavy (non-hydrogen) atoms. The van der Waals surface area contributed by atoms with Gasteiger partial charge in [-0.3, -0.25) is 4.79 Å². The molecule has 1 unspecified atom stereocenters. The number of carboxylic acids is 1. The van der Waals surface area contributed by atoms with E-state index in [1.165, 1.54) is 0 Å². The highest BCUT2D eigenvalue weighted by atomic mass is 16.5. The van der Waals surface area contributed by atoms with Crippen molar-refractivity contribution in [1.29, 1.82) is 0 Å². The summed E-state index contributed by atoms with van der Waals surface area (Å²) in [6.07, 6.45) is -0.0452. The molecule has 0 fully saturated rings. The third-order valence-corrected chi connectivity index (χ3v) is 2.25. The average molecular weight is 259 g/mol. The number of carbonyl (C=O) groups is 2. The first-order valence-electron chi connectivity index (χ1n) is 6.25. The van der Waals surface area contributed by atoms with Crippen molar-refractivity contribution in [1.82, 2.24) is 5.32 Å². The van der Waals surface area contributed by atoms with E-state index in [1.54, 1.807) is 0 Å². The molecule has 106 valence electrons. The third kappa shape index (κ3) is 8.84. The fraction of sp³-hybridized carbons (Fsp3) is 0.846. The van der Waals surface area contributed by atoms with Gasteiger partial charge in [0.1, 0.15) is 0 Å². The predicted octanol–water partition coefficient (Wildman–Crippen LogP) is 2.51. The molecule has 0 saturated heterocycles. The maximum Gasteiger partial charge on any atom is 0.407 e. The fourth-order valence-electron chi connectivity index (χ4n) is 1.49. The van der Waals surface area contributed by atoms with Gasteiger partial charge in [0.2, 0.25) is 0 Å². The second-order valence-corrected chi connectivity index (χ2v) is 6.17. The summed E-state index contributed by atoms with van der Waals surface area (Å²) in [6, 6.07) is 0. The fourth-order valence-corrected chi connectivity index (χ4v) is 1.49. The standard InChI is InChI=1S/C13H25NO4/c1-9(2)8-18-12(17)14-7-10(11(15)16)6-13(3,4)5/h9-10H,6-8H2,1-5H3,(H,14,17)(H,15,16). The van der Waals surface area contributed by atoms with Gasteiger partial charge in [-0.15, -0.1) is 0 Å². The summed E-state index contributed by atoms with van der Waals surface area (Å²) < 4.78 is 4.92. The van der Waals surface area contributed by atoms with Crippen molar-refractivity contribution in [3.63, 3.8) is 0 Å². The summed E-state index contributed by atoms with van der Waals surface area (Å²) in [5.41, 5.74) is -0.0907. The smallest absolute Gasteiger partial charge is 0.407 e. The molecule has 5 nitrogen and oxygen atoms in total. The van der Waals surface area contributed by atoms with Crippen LogP contribution in [0, 0.1) is 17.3 Å². The minimum Gasteiger partial charge on any atom is -0.481 e. The van der Waals surface area contributed by atoms with Crippen molar-refractivity contribution in [3.05, 3.63) is 0 Å². The number of aliphatic carboxylic acids is 1. The summed E-state index contributed by atoms with van der Waals surface area (Å²) in [5.74, 6) is -1.22. The maximum absolute atomic E-state index is 11.3. The van der Waals surface area contributed by atoms with Crippen LogP contribution in [0.2, 0.25) is 0 Å². The van der Waals surface area contributed by atoms with Crippen molar-refractivity contribution in [2.75, 3.05) is 13.2 Å². The zero-order valence-corrected chi connectivity index (χ0v) is 11.9. The zero-order chi connectivity index (χ0) is 14.3. The van der Waals surface area contributed by atoms with Crippen molar-refractivity contribution in [2.45, 2.75) is 41.0 Å². The van der Waals surface area contributed by atoms with E-state index in [0.717, 1.165) is 0 Å². The maximum atomic E-state index is 11.3. The van der Waals surface area contributed by atoms with Crippen LogP contribution >= 0.6 is 0 Å². The molecule has 0 radical (unpaired) electrons. The molecule has 0 spiro atoms. The molecule has 0 bridgehead atoms. The van der Waals surface area contributed by atoms with E-state index in [0.29, 0.717) is 13.0 Å². The topological polar surface area (TPSA) is 75.6 Å². The van der Waals surface area contributed by atoms with E-state index in [1.807, 2.05) is 34.6 Å². The Labute approximate surface area is 109 Å². The lowest BCUT2D eigenvalue weighted by atomic mass is 9.84. The molecule has 1 amide bonds. The summed E-state index contributed by atoms with van der Waals surface area (Å²) in [4.78, 5) is 22.4. The Morgan fingerprint density at radius 3 is 2.22 bits per heavy atom. The van der Waals surface area contributed by atoms with E-state index in [-0.39, 0.29) is 17.9 Å². The molecular weight excluding hydrogens is 234 g/mol. The Bertz CT molecular complexity index is 281. The van der Waals surface area contributed by atoms with E-state index in [4.69, 9.17) is 9.84 Å². The average Bonchev–Trinajstić information content (AvgIpc) is 2.19. The molecule has 0 aliphatic heterocycles. The van der Waals surface area contributed by atoms with Crippen LogP contribution in [-0.2, 0) is 9.53 Å². The second kappa shape index (κ2) is 7.24. The summed E-state index contributed by atoms with van der Waals surface area (Å²) in [6.45, 7) is 10.2. The number of carboxylic acid groups (broad SMARTS) is 1. The molecule has 0 heterocycles. The van der Waals surface area contributed by atoms with Gasteiger partial charge in [0.25, 0.3) is 0 Å². The minimum absolute atomic E-state index is 0.0907. The number of ether oxygens (including phenoxy) is 1. The molecule has 0 aromatic heterocycles. The van der Waals surface area contributed by atoms with Gasteiger partial charge < -0.3 is 15.2 Å². The number of nitrogens with one attached hydrogen (secondary N) is 1. The zero-order valence-electron chi connectivity index (χ0n) is 11.9. The van der Waals surface area contributed by atoms with Gasteiger partial charge in [0, 0.05) is 6.54 Å². The van der Waals surface area contributed by atoms with Crippen molar-refractivity contribution < 1.29 is 19.4 Å². The van der Waals surface area contributed by atoms with Crippen LogP contribution in [0.4, 0.5) is 4.79 Å². The first-order valence-corrected chi connectivity index (χ1v) is 6.25. The molecule has 1 atom stereocenters. The molecule has 0 aliphatic rings. The molecule has 0 rings (SSSR count). The van der Waals surface area contributed by atoms with E-state index < -0.39 is 18.0 Å². The first kappa shape index (κ1) is 16.7. The molecular formula is C13H25NO4. The Morgan fingerprint density at radius 2 is 1.83 bits per heavy atom. The van der Waals surface area contributed by atoms with Gasteiger partial charge in [-0.25, -0.2) is 4.79 Å². The van der Waals surface area contributed by atoms with Gasteiger partial charge in [0.05, 0.1) is 12.5 Å². The number of carbonyl (C=O) groups excluding carboxylic acids is 1. The highest BCUT2D eigenvalue weighted by Gasteiger charge is 2.25. The Kier molecular flexibility index (Phi) is 6.73. The van der Waals surface area contributed by atoms with Crippen LogP contribution in [0.5, 0.6) is 0 Å². The van der Waals surface area contributed by atoms with Crippen LogP contribution < -0.4 is 5.32 Å². The Morgan fingerprint density at radius 1 is 1.28 bits per heavy atom. The lowest BCUT2D eigenvalue weighted by Gasteiger charge is -2.23. The van der Waals surface area contributed by atoms with Gasteiger partial charge in [0.15, 0.2) is 0 Å². The van der Waals surface area contributed by atoms with Gasteiger partial charge in [-0.2, -0.15) is 0 Å². The first-order chi connectivity index (χ1) is 8.11. The number of hydrogen-bond donors (Lipinski definition) is 2. The Balaban J connectivity index is 4.12. The minimum atomic E-state index is -0.894. The summed E-state index contributed by atoms with van der Waals surface area (Å²) >= 11 is 0. The van der Waals surface area contributed by atoms with Crippen LogP contribution in [0.15, 0.2) is 0 Å². The van der Waals surface area contributed by atoms with Gasteiger partial charge in [-0.1, -0.05) is 34.6 Å². The van der Waals surface area contributed by atoms with Crippen molar-refractivity contribution in [3.8, 4) is 0 Å². The predicted molar refractivity (Wildman–Crippen MR) is 69.4 cm³/mol. The van der Waals surface area contributed by atoms with E-state index in [2.05, 4.69) is 5.32 Å². The molecule has 0 aromatic carbocycles. The van der Waals surface area contributed by atoms with E-state index >= 15 is 0 Å². The van der Waals surface area contributed by atoms with Crippen LogP contribution in [0.25, 0.3) is 0 Å².